The summed E-state index contributed by atoms with van der Waals surface area (Å²) in [6.07, 6.45) is 10.1. The van der Waals surface area contributed by atoms with Gasteiger partial charge in [-0.25, -0.2) is 18.4 Å². The van der Waals surface area contributed by atoms with Gasteiger partial charge < -0.3 is 9.88 Å². The predicted octanol–water partition coefficient (Wildman–Crippen LogP) is 4.86. The Kier molecular flexibility index (Phi) is 6.66. The van der Waals surface area contributed by atoms with Crippen molar-refractivity contribution in [3.63, 3.8) is 0 Å². The van der Waals surface area contributed by atoms with Crippen molar-refractivity contribution >= 4 is 26.9 Å². The second-order valence-electron chi connectivity index (χ2n) is 10.3. The number of fused-ring (bicyclic) bond motifs is 1. The molecule has 2 fully saturated rings. The van der Waals surface area contributed by atoms with Crippen LogP contribution in [0.5, 0.6) is 0 Å². The summed E-state index contributed by atoms with van der Waals surface area (Å²) >= 11 is 0. The lowest BCUT2D eigenvalue weighted by Gasteiger charge is -2.26. The summed E-state index contributed by atoms with van der Waals surface area (Å²) < 4.78 is 26.3. The molecule has 2 aliphatic carbocycles. The second kappa shape index (κ2) is 9.72. The Morgan fingerprint density at radius 2 is 1.80 bits per heavy atom. The molecule has 1 N–H and O–H groups in total. The maximum absolute atomic E-state index is 12.8. The molecule has 7 nitrogen and oxygen atoms in total. The molecule has 35 heavy (non-hydrogen) atoms. The zero-order chi connectivity index (χ0) is 24.6. The van der Waals surface area contributed by atoms with Gasteiger partial charge in [-0.05, 0) is 61.3 Å². The van der Waals surface area contributed by atoms with Crippen LogP contribution in [0.15, 0.2) is 41.4 Å². The molecular formula is C27H34N4O3S. The maximum atomic E-state index is 12.8. The molecule has 1 aromatic carbocycles. The van der Waals surface area contributed by atoms with Crippen LogP contribution in [-0.2, 0) is 22.8 Å². The molecule has 0 bridgehead atoms. The molecule has 0 spiro atoms. The van der Waals surface area contributed by atoms with E-state index in [4.69, 9.17) is 4.98 Å². The topological polar surface area (TPSA) is 93.9 Å². The van der Waals surface area contributed by atoms with Crippen LogP contribution in [0.4, 0.5) is 0 Å². The Hall–Kier alpha value is -2.74. The minimum absolute atomic E-state index is 0.0661. The molecule has 1 amide bonds. The van der Waals surface area contributed by atoms with Crippen LogP contribution in [0, 0.1) is 11.8 Å². The minimum atomic E-state index is -3.23. The Balaban J connectivity index is 1.29. The third-order valence-corrected chi connectivity index (χ3v) is 9.25. The highest BCUT2D eigenvalue weighted by molar-refractivity contribution is 7.91. The Bertz CT molecular complexity index is 1320. The first-order valence-corrected chi connectivity index (χ1v) is 14.5. The van der Waals surface area contributed by atoms with Crippen LogP contribution in [0.3, 0.4) is 0 Å². The quantitative estimate of drug-likeness (QED) is 0.483. The van der Waals surface area contributed by atoms with E-state index < -0.39 is 9.84 Å². The van der Waals surface area contributed by atoms with E-state index >= 15 is 0 Å². The van der Waals surface area contributed by atoms with E-state index in [9.17, 15) is 13.2 Å². The highest BCUT2D eigenvalue weighted by Gasteiger charge is 2.30. The number of carbonyl (C=O) groups is 1. The Labute approximate surface area is 207 Å². The van der Waals surface area contributed by atoms with Crippen molar-refractivity contribution in [2.45, 2.75) is 76.3 Å². The summed E-state index contributed by atoms with van der Waals surface area (Å²) in [5.74, 6) is 2.49. The smallest absolute Gasteiger partial charge is 0.253 e. The van der Waals surface area contributed by atoms with E-state index in [-0.39, 0.29) is 11.7 Å². The van der Waals surface area contributed by atoms with E-state index in [1.54, 1.807) is 37.4 Å². The average Bonchev–Trinajstić information content (AvgIpc) is 3.64. The number of nitrogens with zero attached hydrogens (tertiary/aromatic N) is 3. The molecule has 0 aliphatic heterocycles. The summed E-state index contributed by atoms with van der Waals surface area (Å²) in [7, 11) is -3.23. The molecule has 2 heterocycles. The van der Waals surface area contributed by atoms with Crippen LogP contribution in [0.2, 0.25) is 0 Å². The number of amides is 1. The van der Waals surface area contributed by atoms with Gasteiger partial charge in [-0.1, -0.05) is 38.8 Å². The van der Waals surface area contributed by atoms with Crippen molar-refractivity contribution in [2.24, 2.45) is 11.8 Å². The number of carbonyl (C=O) groups excluding carboxylic acids is 1. The number of hydrogen-bond acceptors (Lipinski definition) is 5. The van der Waals surface area contributed by atoms with E-state index in [1.807, 2.05) is 6.07 Å². The largest absolute Gasteiger partial charge is 0.348 e. The zero-order valence-electron chi connectivity index (χ0n) is 20.5. The standard InChI is InChI=1S/C27H34N4O3S/c1-3-35(33,34)23-12-8-20(9-13-23)16-29-27(32)21-15-24-26(28-17-21)31(22-10-11-22)25(30-24)14-19-6-4-18(2)5-7-19/h8-9,12-13,15,17-19,22H,3-7,10-11,14,16H2,1-2H3,(H,29,32). The van der Waals surface area contributed by atoms with E-state index in [1.165, 1.54) is 38.5 Å². The van der Waals surface area contributed by atoms with Crippen molar-refractivity contribution in [1.29, 1.82) is 0 Å². The molecule has 0 saturated heterocycles. The molecule has 186 valence electrons. The number of sulfone groups is 1. The first-order chi connectivity index (χ1) is 16.8. The molecule has 0 atom stereocenters. The molecule has 2 aliphatic rings. The third kappa shape index (κ3) is 5.27. The predicted molar refractivity (Wildman–Crippen MR) is 136 cm³/mol. The normalized spacial score (nSPS) is 20.7. The molecule has 0 radical (unpaired) electrons. The van der Waals surface area contributed by atoms with E-state index in [2.05, 4.69) is 21.8 Å². The molecule has 0 unspecified atom stereocenters. The molecule has 2 aromatic heterocycles. The maximum Gasteiger partial charge on any atom is 0.253 e. The number of nitrogens with one attached hydrogen (secondary N) is 1. The monoisotopic (exact) mass is 494 g/mol. The first-order valence-electron chi connectivity index (χ1n) is 12.8. The van der Waals surface area contributed by atoms with Crippen molar-refractivity contribution in [1.82, 2.24) is 19.9 Å². The number of benzene rings is 1. The average molecular weight is 495 g/mol. The van der Waals surface area contributed by atoms with Crippen molar-refractivity contribution < 1.29 is 13.2 Å². The first kappa shape index (κ1) is 24.0. The SMILES string of the molecule is CCS(=O)(=O)c1ccc(CNC(=O)c2cnc3c(c2)nc(CC2CCC(C)CC2)n3C2CC2)cc1. The van der Waals surface area contributed by atoms with Crippen molar-refractivity contribution in [2.75, 3.05) is 5.75 Å². The molecule has 5 rings (SSSR count). The Morgan fingerprint density at radius 3 is 2.46 bits per heavy atom. The van der Waals surface area contributed by atoms with Gasteiger partial charge >= 0.3 is 0 Å². The number of imidazole rings is 1. The van der Waals surface area contributed by atoms with Crippen LogP contribution in [0.25, 0.3) is 11.2 Å². The number of aromatic nitrogens is 3. The van der Waals surface area contributed by atoms with Gasteiger partial charge in [-0.3, -0.25) is 4.79 Å². The fourth-order valence-corrected chi connectivity index (χ4v) is 5.95. The van der Waals surface area contributed by atoms with Gasteiger partial charge in [0, 0.05) is 25.2 Å². The zero-order valence-corrected chi connectivity index (χ0v) is 21.4. The van der Waals surface area contributed by atoms with Gasteiger partial charge in [0.1, 0.15) is 11.3 Å². The van der Waals surface area contributed by atoms with Crippen molar-refractivity contribution in [3.8, 4) is 0 Å². The van der Waals surface area contributed by atoms with Gasteiger partial charge in [-0.15, -0.1) is 0 Å². The Morgan fingerprint density at radius 1 is 1.09 bits per heavy atom. The summed E-state index contributed by atoms with van der Waals surface area (Å²) in [5.41, 5.74) is 3.00. The van der Waals surface area contributed by atoms with Gasteiger partial charge in [0.15, 0.2) is 15.5 Å². The second-order valence-corrected chi connectivity index (χ2v) is 12.5. The fraction of sp³-hybridized carbons (Fsp3) is 0.519. The lowest BCUT2D eigenvalue weighted by atomic mass is 9.81. The summed E-state index contributed by atoms with van der Waals surface area (Å²) in [6, 6.07) is 8.99. The van der Waals surface area contributed by atoms with Crippen LogP contribution < -0.4 is 5.32 Å². The third-order valence-electron chi connectivity index (χ3n) is 7.50. The van der Waals surface area contributed by atoms with Crippen LogP contribution >= 0.6 is 0 Å². The van der Waals surface area contributed by atoms with Gasteiger partial charge in [0.2, 0.25) is 0 Å². The molecule has 8 heteroatoms. The molecular weight excluding hydrogens is 460 g/mol. The fourth-order valence-electron chi connectivity index (χ4n) is 5.07. The highest BCUT2D eigenvalue weighted by Crippen LogP contribution is 2.40. The number of pyridine rings is 1. The van der Waals surface area contributed by atoms with Crippen molar-refractivity contribution in [3.05, 3.63) is 53.5 Å². The lowest BCUT2D eigenvalue weighted by Crippen LogP contribution is -2.23. The number of rotatable bonds is 8. The molecule has 3 aromatic rings. The van der Waals surface area contributed by atoms with Gasteiger partial charge in [0.05, 0.1) is 16.2 Å². The lowest BCUT2D eigenvalue weighted by molar-refractivity contribution is 0.0950. The summed E-state index contributed by atoms with van der Waals surface area (Å²) in [4.78, 5) is 22.8. The summed E-state index contributed by atoms with van der Waals surface area (Å²) in [6.45, 7) is 4.28. The minimum Gasteiger partial charge on any atom is -0.348 e. The number of hydrogen-bond donors (Lipinski definition) is 1. The van der Waals surface area contributed by atoms with Crippen LogP contribution in [0.1, 0.15) is 80.2 Å². The van der Waals surface area contributed by atoms with E-state index in [0.717, 1.165) is 34.9 Å². The molecule has 2 saturated carbocycles. The van der Waals surface area contributed by atoms with E-state index in [0.29, 0.717) is 29.0 Å². The van der Waals surface area contributed by atoms with Gasteiger partial charge in [-0.2, -0.15) is 0 Å². The highest BCUT2D eigenvalue weighted by atomic mass is 32.2. The summed E-state index contributed by atoms with van der Waals surface area (Å²) in [5, 5.41) is 2.92. The van der Waals surface area contributed by atoms with Gasteiger partial charge in [0.25, 0.3) is 5.91 Å². The van der Waals surface area contributed by atoms with Crippen LogP contribution in [-0.4, -0.2) is 34.6 Å².